The van der Waals surface area contributed by atoms with Crippen molar-refractivity contribution in [2.24, 2.45) is 0 Å². The lowest BCUT2D eigenvalue weighted by Crippen LogP contribution is -1.96. The second-order valence-corrected chi connectivity index (χ2v) is 4.30. The quantitative estimate of drug-likeness (QED) is 0.726. The molecule has 0 unspecified atom stereocenters. The molecule has 0 amide bonds. The Balaban J connectivity index is 2.40. The number of hydrogen-bond donors (Lipinski definition) is 1. The summed E-state index contributed by atoms with van der Waals surface area (Å²) in [5.41, 5.74) is 3.72. The third-order valence-electron chi connectivity index (χ3n) is 2.31. The predicted octanol–water partition coefficient (Wildman–Crippen LogP) is 3.71. The molecular formula is C11H12BrN. The van der Waals surface area contributed by atoms with Gasteiger partial charge in [-0.05, 0) is 37.0 Å². The molecule has 2 rings (SSSR count). The highest BCUT2D eigenvalue weighted by Crippen LogP contribution is 2.27. The summed E-state index contributed by atoms with van der Waals surface area (Å²) in [5, 5.41) is 3.34. The molecule has 0 bridgehead atoms. The van der Waals surface area contributed by atoms with E-state index in [4.69, 9.17) is 0 Å². The first-order valence-corrected chi connectivity index (χ1v) is 5.28. The summed E-state index contributed by atoms with van der Waals surface area (Å²) in [6.07, 6.45) is 3.42. The van der Waals surface area contributed by atoms with Crippen molar-refractivity contribution in [1.29, 1.82) is 0 Å². The van der Waals surface area contributed by atoms with Gasteiger partial charge in [0, 0.05) is 15.9 Å². The molecule has 1 heterocycles. The van der Waals surface area contributed by atoms with Crippen molar-refractivity contribution in [2.45, 2.75) is 19.3 Å². The Hall–Kier alpha value is -0.760. The predicted molar refractivity (Wildman–Crippen MR) is 59.8 cm³/mol. The zero-order valence-electron chi connectivity index (χ0n) is 7.44. The molecule has 0 saturated carbocycles. The van der Waals surface area contributed by atoms with Crippen LogP contribution in [0.1, 0.15) is 18.4 Å². The molecule has 0 saturated heterocycles. The van der Waals surface area contributed by atoms with Gasteiger partial charge in [-0.15, -0.1) is 0 Å². The van der Waals surface area contributed by atoms with Crippen LogP contribution in [-0.4, -0.2) is 0 Å². The highest BCUT2D eigenvalue weighted by Gasteiger charge is 2.08. The standard InChI is InChI=1S/C11H12BrN/c1-8-3-2-4-9-5-6-10(12)7-11(9)13-8/h5-7,13H,1-4H2. The van der Waals surface area contributed by atoms with Crippen molar-refractivity contribution in [2.75, 3.05) is 5.32 Å². The van der Waals surface area contributed by atoms with Crippen LogP contribution in [0.25, 0.3) is 0 Å². The van der Waals surface area contributed by atoms with Crippen LogP contribution in [0.15, 0.2) is 34.9 Å². The summed E-state index contributed by atoms with van der Waals surface area (Å²) in [6.45, 7) is 3.98. The number of benzene rings is 1. The van der Waals surface area contributed by atoms with Gasteiger partial charge in [0.25, 0.3) is 0 Å². The average Bonchev–Trinajstić information content (AvgIpc) is 2.25. The lowest BCUT2D eigenvalue weighted by Gasteiger charge is -2.08. The van der Waals surface area contributed by atoms with Gasteiger partial charge in [-0.2, -0.15) is 0 Å². The third kappa shape index (κ3) is 1.94. The monoisotopic (exact) mass is 237 g/mol. The van der Waals surface area contributed by atoms with E-state index in [2.05, 4.69) is 46.0 Å². The zero-order valence-corrected chi connectivity index (χ0v) is 9.02. The largest absolute Gasteiger partial charge is 0.359 e. The normalized spacial score (nSPS) is 15.9. The van der Waals surface area contributed by atoms with Crippen molar-refractivity contribution in [3.8, 4) is 0 Å². The van der Waals surface area contributed by atoms with Crippen molar-refractivity contribution >= 4 is 21.6 Å². The molecule has 0 fully saturated rings. The summed E-state index contributed by atoms with van der Waals surface area (Å²) >= 11 is 3.47. The van der Waals surface area contributed by atoms with E-state index in [9.17, 15) is 0 Å². The van der Waals surface area contributed by atoms with Crippen molar-refractivity contribution in [3.05, 3.63) is 40.5 Å². The summed E-state index contributed by atoms with van der Waals surface area (Å²) < 4.78 is 1.12. The molecule has 1 nitrogen and oxygen atoms in total. The van der Waals surface area contributed by atoms with E-state index >= 15 is 0 Å². The first-order valence-electron chi connectivity index (χ1n) is 4.49. The lowest BCUT2D eigenvalue weighted by molar-refractivity contribution is 0.836. The fraction of sp³-hybridized carbons (Fsp3) is 0.273. The number of fused-ring (bicyclic) bond motifs is 1. The zero-order chi connectivity index (χ0) is 9.26. The Labute approximate surface area is 87.0 Å². The Morgan fingerprint density at radius 1 is 1.31 bits per heavy atom. The number of allylic oxidation sites excluding steroid dienone is 1. The highest BCUT2D eigenvalue weighted by molar-refractivity contribution is 9.10. The lowest BCUT2D eigenvalue weighted by atomic mass is 10.1. The molecule has 1 aromatic carbocycles. The van der Waals surface area contributed by atoms with Crippen LogP contribution in [0.3, 0.4) is 0 Å². The molecule has 1 aliphatic rings. The minimum atomic E-state index is 1.08. The molecule has 0 atom stereocenters. The van der Waals surface area contributed by atoms with Gasteiger partial charge >= 0.3 is 0 Å². The van der Waals surface area contributed by atoms with Crippen molar-refractivity contribution in [1.82, 2.24) is 0 Å². The second kappa shape index (κ2) is 3.54. The number of anilines is 1. The number of aryl methyl sites for hydroxylation is 1. The van der Waals surface area contributed by atoms with Crippen LogP contribution in [0.5, 0.6) is 0 Å². The van der Waals surface area contributed by atoms with Crippen LogP contribution in [0, 0.1) is 0 Å². The summed E-state index contributed by atoms with van der Waals surface area (Å²) in [7, 11) is 0. The summed E-state index contributed by atoms with van der Waals surface area (Å²) in [4.78, 5) is 0. The van der Waals surface area contributed by atoms with Crippen LogP contribution >= 0.6 is 15.9 Å². The molecule has 1 aromatic rings. The maximum Gasteiger partial charge on any atom is 0.0425 e. The van der Waals surface area contributed by atoms with Gasteiger partial charge in [0.2, 0.25) is 0 Å². The molecule has 0 aromatic heterocycles. The molecule has 68 valence electrons. The van der Waals surface area contributed by atoms with Crippen LogP contribution in [-0.2, 0) is 6.42 Å². The summed E-state index contributed by atoms with van der Waals surface area (Å²) in [6, 6.07) is 6.38. The van der Waals surface area contributed by atoms with Crippen molar-refractivity contribution < 1.29 is 0 Å². The van der Waals surface area contributed by atoms with E-state index < -0.39 is 0 Å². The maximum atomic E-state index is 3.98. The van der Waals surface area contributed by atoms with E-state index in [1.807, 2.05) is 0 Å². The molecule has 0 radical (unpaired) electrons. The number of nitrogens with one attached hydrogen (secondary N) is 1. The van der Waals surface area contributed by atoms with E-state index in [1.165, 1.54) is 17.7 Å². The van der Waals surface area contributed by atoms with Gasteiger partial charge < -0.3 is 5.32 Å². The minimum Gasteiger partial charge on any atom is -0.359 e. The Morgan fingerprint density at radius 3 is 3.00 bits per heavy atom. The van der Waals surface area contributed by atoms with Gasteiger partial charge in [-0.3, -0.25) is 0 Å². The first-order chi connectivity index (χ1) is 6.25. The third-order valence-corrected chi connectivity index (χ3v) is 2.80. The van der Waals surface area contributed by atoms with Gasteiger partial charge in [-0.25, -0.2) is 0 Å². The van der Waals surface area contributed by atoms with Crippen LogP contribution in [0.2, 0.25) is 0 Å². The number of halogens is 1. The first kappa shape index (κ1) is 8.82. The SMILES string of the molecule is C=C1CCCc2ccc(Br)cc2N1. The van der Waals surface area contributed by atoms with E-state index in [1.54, 1.807) is 0 Å². The fourth-order valence-electron chi connectivity index (χ4n) is 1.63. The second-order valence-electron chi connectivity index (χ2n) is 3.38. The van der Waals surface area contributed by atoms with Gasteiger partial charge in [-0.1, -0.05) is 28.6 Å². The molecule has 0 spiro atoms. The van der Waals surface area contributed by atoms with Gasteiger partial charge in [0.1, 0.15) is 0 Å². The smallest absolute Gasteiger partial charge is 0.0425 e. The topological polar surface area (TPSA) is 12.0 Å². The fourth-order valence-corrected chi connectivity index (χ4v) is 1.99. The Bertz CT molecular complexity index is 344. The molecule has 13 heavy (non-hydrogen) atoms. The molecule has 2 heteroatoms. The Kier molecular flexibility index (Phi) is 2.40. The van der Waals surface area contributed by atoms with Gasteiger partial charge in [0.15, 0.2) is 0 Å². The van der Waals surface area contributed by atoms with E-state index in [-0.39, 0.29) is 0 Å². The molecule has 1 N–H and O–H groups in total. The Morgan fingerprint density at radius 2 is 2.15 bits per heavy atom. The molecular weight excluding hydrogens is 226 g/mol. The highest BCUT2D eigenvalue weighted by atomic mass is 79.9. The van der Waals surface area contributed by atoms with Crippen LogP contribution in [0.4, 0.5) is 5.69 Å². The van der Waals surface area contributed by atoms with E-state index in [0.29, 0.717) is 0 Å². The number of hydrogen-bond acceptors (Lipinski definition) is 1. The van der Waals surface area contributed by atoms with Gasteiger partial charge in [0.05, 0.1) is 0 Å². The average molecular weight is 238 g/mol. The molecule has 0 aliphatic carbocycles. The molecule has 1 aliphatic heterocycles. The van der Waals surface area contributed by atoms with Crippen molar-refractivity contribution in [3.63, 3.8) is 0 Å². The van der Waals surface area contributed by atoms with E-state index in [0.717, 1.165) is 23.0 Å². The van der Waals surface area contributed by atoms with Crippen LogP contribution < -0.4 is 5.32 Å². The maximum absolute atomic E-state index is 3.98. The summed E-state index contributed by atoms with van der Waals surface area (Å²) in [5.74, 6) is 0. The minimum absolute atomic E-state index is 1.08. The number of rotatable bonds is 0.